The zero-order valence-electron chi connectivity index (χ0n) is 14.7. The molecule has 2 aliphatic rings. The van der Waals surface area contributed by atoms with Gasteiger partial charge >= 0.3 is 6.03 Å². The zero-order valence-corrected chi connectivity index (χ0v) is 16.2. The third-order valence-electron chi connectivity index (χ3n) is 5.16. The third kappa shape index (κ3) is 3.28. The molecular weight excluding hydrogens is 377 g/mol. The van der Waals surface area contributed by atoms with Gasteiger partial charge in [0.25, 0.3) is 5.91 Å². The molecule has 0 saturated carbocycles. The molecule has 2 heterocycles. The van der Waals surface area contributed by atoms with Crippen molar-refractivity contribution in [2.24, 2.45) is 0 Å². The first-order valence-corrected chi connectivity index (χ1v) is 9.38. The summed E-state index contributed by atoms with van der Waals surface area (Å²) in [6.45, 7) is 3.95. The van der Waals surface area contributed by atoms with E-state index in [-0.39, 0.29) is 23.5 Å². The molecule has 1 aromatic carbocycles. The van der Waals surface area contributed by atoms with Crippen LogP contribution in [0.25, 0.3) is 0 Å². The molecule has 1 aromatic rings. The van der Waals surface area contributed by atoms with Crippen LogP contribution in [0.1, 0.15) is 38.7 Å². The van der Waals surface area contributed by atoms with Crippen LogP contribution in [0.15, 0.2) is 18.2 Å². The van der Waals surface area contributed by atoms with Crippen LogP contribution in [0.3, 0.4) is 0 Å². The number of hydrogen-bond acceptors (Lipinski definition) is 3. The van der Waals surface area contributed by atoms with Crippen molar-refractivity contribution in [1.29, 1.82) is 0 Å². The number of likely N-dealkylation sites (tertiary alicyclic amines) is 1. The summed E-state index contributed by atoms with van der Waals surface area (Å²) in [5.41, 5.74) is -0.879. The number of nitrogens with zero attached hydrogens (tertiary/aromatic N) is 2. The van der Waals surface area contributed by atoms with Gasteiger partial charge in [-0.2, -0.15) is 0 Å². The van der Waals surface area contributed by atoms with Crippen LogP contribution in [-0.2, 0) is 15.1 Å². The predicted molar refractivity (Wildman–Crippen MR) is 99.1 cm³/mol. The van der Waals surface area contributed by atoms with Crippen molar-refractivity contribution in [3.05, 3.63) is 33.8 Å². The molecule has 3 rings (SSSR count). The Balaban J connectivity index is 1.81. The zero-order chi connectivity index (χ0) is 19.1. The Kier molecular flexibility index (Phi) is 5.17. The van der Waals surface area contributed by atoms with Crippen molar-refractivity contribution in [3.63, 3.8) is 0 Å². The Morgan fingerprint density at radius 3 is 2.69 bits per heavy atom. The molecule has 0 spiro atoms. The fourth-order valence-corrected chi connectivity index (χ4v) is 4.21. The van der Waals surface area contributed by atoms with Crippen LogP contribution in [0.2, 0.25) is 10.0 Å². The largest absolute Gasteiger partial charge is 0.338 e. The topological polar surface area (TPSA) is 69.7 Å². The SMILES string of the molecule is C[C@H]1CCCCN1C(=O)CN1C(=O)N[C@](C)(c2ccc(Cl)cc2Cl)C1=O. The van der Waals surface area contributed by atoms with Crippen LogP contribution < -0.4 is 5.32 Å². The quantitative estimate of drug-likeness (QED) is 0.796. The van der Waals surface area contributed by atoms with Gasteiger partial charge < -0.3 is 10.2 Å². The number of rotatable bonds is 3. The van der Waals surface area contributed by atoms with Gasteiger partial charge in [-0.15, -0.1) is 0 Å². The van der Waals surface area contributed by atoms with Gasteiger partial charge in [-0.05, 0) is 45.2 Å². The number of amides is 4. The summed E-state index contributed by atoms with van der Waals surface area (Å²) >= 11 is 12.1. The third-order valence-corrected chi connectivity index (χ3v) is 5.71. The van der Waals surface area contributed by atoms with E-state index >= 15 is 0 Å². The number of urea groups is 1. The molecule has 0 aliphatic carbocycles. The highest BCUT2D eigenvalue weighted by Crippen LogP contribution is 2.35. The summed E-state index contributed by atoms with van der Waals surface area (Å²) in [6, 6.07) is 4.26. The highest BCUT2D eigenvalue weighted by atomic mass is 35.5. The molecule has 0 unspecified atom stereocenters. The van der Waals surface area contributed by atoms with Crippen LogP contribution in [0, 0.1) is 0 Å². The molecule has 1 N–H and O–H groups in total. The molecule has 2 fully saturated rings. The Labute approximate surface area is 162 Å². The first-order chi connectivity index (χ1) is 12.2. The number of nitrogens with one attached hydrogen (secondary N) is 1. The minimum atomic E-state index is -1.33. The van der Waals surface area contributed by atoms with Gasteiger partial charge in [0.15, 0.2) is 0 Å². The summed E-state index contributed by atoms with van der Waals surface area (Å²) < 4.78 is 0. The number of carbonyl (C=O) groups excluding carboxylic acids is 3. The number of benzene rings is 1. The fraction of sp³-hybridized carbons (Fsp3) is 0.500. The Bertz CT molecular complexity index is 770. The molecule has 0 radical (unpaired) electrons. The number of piperidine rings is 1. The number of hydrogen-bond donors (Lipinski definition) is 1. The van der Waals surface area contributed by atoms with Crippen molar-refractivity contribution in [2.75, 3.05) is 13.1 Å². The van der Waals surface area contributed by atoms with E-state index in [1.54, 1.807) is 24.0 Å². The Morgan fingerprint density at radius 1 is 1.31 bits per heavy atom. The molecule has 140 valence electrons. The lowest BCUT2D eigenvalue weighted by molar-refractivity contribution is -0.140. The smallest absolute Gasteiger partial charge is 0.325 e. The van der Waals surface area contributed by atoms with Crippen molar-refractivity contribution >= 4 is 41.0 Å². The van der Waals surface area contributed by atoms with Gasteiger partial charge in [0.05, 0.1) is 0 Å². The second kappa shape index (κ2) is 7.08. The molecule has 26 heavy (non-hydrogen) atoms. The van der Waals surface area contributed by atoms with Gasteiger partial charge in [0.1, 0.15) is 12.1 Å². The lowest BCUT2D eigenvalue weighted by Gasteiger charge is -2.34. The molecule has 0 bridgehead atoms. The molecule has 0 aromatic heterocycles. The summed E-state index contributed by atoms with van der Waals surface area (Å²) in [5, 5.41) is 3.38. The van der Waals surface area contributed by atoms with E-state index in [1.807, 2.05) is 6.92 Å². The number of imide groups is 1. The minimum absolute atomic E-state index is 0.120. The van der Waals surface area contributed by atoms with Crippen molar-refractivity contribution in [3.8, 4) is 0 Å². The average molecular weight is 398 g/mol. The van der Waals surface area contributed by atoms with Crippen molar-refractivity contribution in [2.45, 2.75) is 44.7 Å². The first kappa shape index (κ1) is 19.0. The molecule has 8 heteroatoms. The number of carbonyl (C=O) groups is 3. The first-order valence-electron chi connectivity index (χ1n) is 8.63. The standard InChI is InChI=1S/C18H21Cl2N3O3/c1-11-5-3-4-8-22(11)15(24)10-23-16(25)18(2,21-17(23)26)13-7-6-12(19)9-14(13)20/h6-7,9,11H,3-5,8,10H2,1-2H3,(H,21,26)/t11-,18+/m0/s1. The maximum Gasteiger partial charge on any atom is 0.325 e. The van der Waals surface area contributed by atoms with E-state index in [1.165, 1.54) is 6.07 Å². The van der Waals surface area contributed by atoms with E-state index in [0.29, 0.717) is 17.1 Å². The minimum Gasteiger partial charge on any atom is -0.338 e. The van der Waals surface area contributed by atoms with Gasteiger partial charge in [-0.3, -0.25) is 14.5 Å². The Hall–Kier alpha value is -1.79. The summed E-state index contributed by atoms with van der Waals surface area (Å²) in [5.74, 6) is -0.711. The van der Waals surface area contributed by atoms with Gasteiger partial charge in [-0.25, -0.2) is 4.79 Å². The summed E-state index contributed by atoms with van der Waals surface area (Å²) in [4.78, 5) is 40.7. The molecular formula is C18H21Cl2N3O3. The fourth-order valence-electron chi connectivity index (χ4n) is 3.61. The van der Waals surface area contributed by atoms with Gasteiger partial charge in [0, 0.05) is 28.2 Å². The predicted octanol–water partition coefficient (Wildman–Crippen LogP) is 3.16. The normalized spacial score (nSPS) is 26.2. The van der Waals surface area contributed by atoms with Crippen molar-refractivity contribution in [1.82, 2.24) is 15.1 Å². The summed E-state index contributed by atoms with van der Waals surface area (Å²) in [6.07, 6.45) is 2.96. The highest BCUT2D eigenvalue weighted by molar-refractivity contribution is 6.35. The van der Waals surface area contributed by atoms with E-state index in [2.05, 4.69) is 5.32 Å². The van der Waals surface area contributed by atoms with E-state index in [0.717, 1.165) is 24.2 Å². The van der Waals surface area contributed by atoms with E-state index in [9.17, 15) is 14.4 Å². The van der Waals surface area contributed by atoms with Crippen LogP contribution >= 0.6 is 23.2 Å². The monoisotopic (exact) mass is 397 g/mol. The highest BCUT2D eigenvalue weighted by Gasteiger charge is 2.50. The van der Waals surface area contributed by atoms with Crippen molar-refractivity contribution < 1.29 is 14.4 Å². The van der Waals surface area contributed by atoms with Gasteiger partial charge in [-0.1, -0.05) is 29.3 Å². The van der Waals surface area contributed by atoms with Crippen LogP contribution in [-0.4, -0.2) is 46.8 Å². The lowest BCUT2D eigenvalue weighted by atomic mass is 9.92. The lowest BCUT2D eigenvalue weighted by Crippen LogP contribution is -2.48. The Morgan fingerprint density at radius 2 is 2.04 bits per heavy atom. The van der Waals surface area contributed by atoms with E-state index < -0.39 is 17.5 Å². The van der Waals surface area contributed by atoms with Crippen LogP contribution in [0.4, 0.5) is 4.79 Å². The average Bonchev–Trinajstić information content (AvgIpc) is 2.79. The second-order valence-electron chi connectivity index (χ2n) is 7.00. The maximum atomic E-state index is 13.0. The molecule has 2 atom stereocenters. The number of halogens is 2. The molecule has 6 nitrogen and oxygen atoms in total. The summed E-state index contributed by atoms with van der Waals surface area (Å²) in [7, 11) is 0. The second-order valence-corrected chi connectivity index (χ2v) is 7.85. The van der Waals surface area contributed by atoms with Gasteiger partial charge in [0.2, 0.25) is 5.91 Å². The molecule has 2 aliphatic heterocycles. The van der Waals surface area contributed by atoms with Crippen LogP contribution in [0.5, 0.6) is 0 Å². The molecule has 4 amide bonds. The maximum absolute atomic E-state index is 13.0. The van der Waals surface area contributed by atoms with E-state index in [4.69, 9.17) is 23.2 Å². The molecule has 2 saturated heterocycles.